The molecule has 0 aromatic carbocycles. The second-order valence-electron chi connectivity index (χ2n) is 6.27. The maximum atomic E-state index is 11.5. The van der Waals surface area contributed by atoms with Gasteiger partial charge in [-0.1, -0.05) is 26.7 Å². The molecule has 0 aromatic heterocycles. The Morgan fingerprint density at radius 3 is 2.67 bits per heavy atom. The SMILES string of the molecule is CC1CCCC(NCCCC(=O)NC2CC2)C1C. The van der Waals surface area contributed by atoms with Crippen LogP contribution in [0.4, 0.5) is 0 Å². The summed E-state index contributed by atoms with van der Waals surface area (Å²) in [6, 6.07) is 1.17. The van der Waals surface area contributed by atoms with E-state index in [0.717, 1.165) is 24.8 Å². The highest BCUT2D eigenvalue weighted by atomic mass is 16.1. The minimum Gasteiger partial charge on any atom is -0.353 e. The normalized spacial score (nSPS) is 32.2. The highest BCUT2D eigenvalue weighted by Gasteiger charge is 2.26. The van der Waals surface area contributed by atoms with Crippen molar-refractivity contribution in [2.45, 2.75) is 70.9 Å². The quantitative estimate of drug-likeness (QED) is 0.713. The third-order valence-corrected chi connectivity index (χ3v) is 4.64. The predicted octanol–water partition coefficient (Wildman–Crippen LogP) is 2.46. The molecule has 104 valence electrons. The Bertz CT molecular complexity index is 276. The highest BCUT2D eigenvalue weighted by Crippen LogP contribution is 2.29. The van der Waals surface area contributed by atoms with E-state index in [2.05, 4.69) is 24.5 Å². The van der Waals surface area contributed by atoms with Crippen LogP contribution in [0.15, 0.2) is 0 Å². The van der Waals surface area contributed by atoms with Gasteiger partial charge in [-0.05, 0) is 44.1 Å². The van der Waals surface area contributed by atoms with Gasteiger partial charge in [-0.3, -0.25) is 4.79 Å². The van der Waals surface area contributed by atoms with Crippen molar-refractivity contribution in [1.82, 2.24) is 10.6 Å². The van der Waals surface area contributed by atoms with Crippen molar-refractivity contribution < 1.29 is 4.79 Å². The first-order valence-corrected chi connectivity index (χ1v) is 7.69. The van der Waals surface area contributed by atoms with Gasteiger partial charge in [0.05, 0.1) is 0 Å². The smallest absolute Gasteiger partial charge is 0.220 e. The lowest BCUT2D eigenvalue weighted by Crippen LogP contribution is -2.41. The van der Waals surface area contributed by atoms with E-state index in [1.165, 1.54) is 32.1 Å². The maximum Gasteiger partial charge on any atom is 0.220 e. The molecule has 0 bridgehead atoms. The van der Waals surface area contributed by atoms with Gasteiger partial charge >= 0.3 is 0 Å². The number of amides is 1. The summed E-state index contributed by atoms with van der Waals surface area (Å²) in [5.41, 5.74) is 0. The van der Waals surface area contributed by atoms with Crippen LogP contribution in [-0.2, 0) is 4.79 Å². The minimum atomic E-state index is 0.240. The summed E-state index contributed by atoms with van der Waals surface area (Å²) in [4.78, 5) is 11.5. The van der Waals surface area contributed by atoms with Gasteiger partial charge in [0.15, 0.2) is 0 Å². The van der Waals surface area contributed by atoms with Crippen LogP contribution in [0.3, 0.4) is 0 Å². The number of hydrogen-bond acceptors (Lipinski definition) is 2. The molecule has 0 radical (unpaired) electrons. The second kappa shape index (κ2) is 6.55. The van der Waals surface area contributed by atoms with Crippen LogP contribution >= 0.6 is 0 Å². The van der Waals surface area contributed by atoms with E-state index in [9.17, 15) is 4.79 Å². The van der Waals surface area contributed by atoms with E-state index >= 15 is 0 Å². The second-order valence-corrected chi connectivity index (χ2v) is 6.27. The lowest BCUT2D eigenvalue weighted by Gasteiger charge is -2.34. The van der Waals surface area contributed by atoms with Gasteiger partial charge in [0.25, 0.3) is 0 Å². The summed E-state index contributed by atoms with van der Waals surface area (Å²) in [7, 11) is 0. The average molecular weight is 252 g/mol. The summed E-state index contributed by atoms with van der Waals surface area (Å²) < 4.78 is 0. The van der Waals surface area contributed by atoms with E-state index in [0.29, 0.717) is 18.5 Å². The average Bonchev–Trinajstić information content (AvgIpc) is 3.13. The van der Waals surface area contributed by atoms with E-state index in [4.69, 9.17) is 0 Å². The van der Waals surface area contributed by atoms with Crippen LogP contribution in [0, 0.1) is 11.8 Å². The monoisotopic (exact) mass is 252 g/mol. The molecular formula is C15H28N2O. The van der Waals surface area contributed by atoms with Gasteiger partial charge < -0.3 is 10.6 Å². The number of rotatable bonds is 6. The maximum absolute atomic E-state index is 11.5. The zero-order valence-electron chi connectivity index (χ0n) is 11.9. The Morgan fingerprint density at radius 2 is 1.94 bits per heavy atom. The number of carbonyl (C=O) groups excluding carboxylic acids is 1. The van der Waals surface area contributed by atoms with Gasteiger partial charge in [0.2, 0.25) is 5.91 Å². The molecule has 2 aliphatic rings. The summed E-state index contributed by atoms with van der Waals surface area (Å²) >= 11 is 0. The molecule has 1 amide bonds. The molecule has 0 spiro atoms. The molecule has 3 unspecified atom stereocenters. The van der Waals surface area contributed by atoms with Crippen molar-refractivity contribution in [1.29, 1.82) is 0 Å². The van der Waals surface area contributed by atoms with E-state index in [-0.39, 0.29) is 5.91 Å². The molecule has 2 aliphatic carbocycles. The van der Waals surface area contributed by atoms with Crippen molar-refractivity contribution in [3.05, 3.63) is 0 Å². The standard InChI is InChI=1S/C15H28N2O/c1-11-5-3-6-14(12(11)2)16-10-4-7-15(18)17-13-8-9-13/h11-14,16H,3-10H2,1-2H3,(H,17,18). The van der Waals surface area contributed by atoms with Gasteiger partial charge in [-0.15, -0.1) is 0 Å². The molecular weight excluding hydrogens is 224 g/mol. The van der Waals surface area contributed by atoms with E-state index in [1.54, 1.807) is 0 Å². The van der Waals surface area contributed by atoms with Crippen LogP contribution in [0.25, 0.3) is 0 Å². The van der Waals surface area contributed by atoms with Crippen molar-refractivity contribution >= 4 is 5.91 Å². The molecule has 0 aliphatic heterocycles. The molecule has 3 atom stereocenters. The fraction of sp³-hybridized carbons (Fsp3) is 0.933. The fourth-order valence-electron chi connectivity index (χ4n) is 2.93. The molecule has 2 rings (SSSR count). The number of carbonyl (C=O) groups is 1. The number of hydrogen-bond donors (Lipinski definition) is 2. The number of nitrogens with one attached hydrogen (secondary N) is 2. The third-order valence-electron chi connectivity index (χ3n) is 4.64. The topological polar surface area (TPSA) is 41.1 Å². The Hall–Kier alpha value is -0.570. The van der Waals surface area contributed by atoms with Gasteiger partial charge in [0, 0.05) is 18.5 Å². The molecule has 2 fully saturated rings. The molecule has 3 nitrogen and oxygen atoms in total. The molecule has 0 aromatic rings. The predicted molar refractivity (Wildman–Crippen MR) is 74.4 cm³/mol. The first-order chi connectivity index (χ1) is 8.66. The fourth-order valence-corrected chi connectivity index (χ4v) is 2.93. The van der Waals surface area contributed by atoms with Gasteiger partial charge in [-0.2, -0.15) is 0 Å². The van der Waals surface area contributed by atoms with Crippen LogP contribution < -0.4 is 10.6 Å². The van der Waals surface area contributed by atoms with Crippen molar-refractivity contribution in [3.8, 4) is 0 Å². The summed E-state index contributed by atoms with van der Waals surface area (Å²) in [5.74, 6) is 1.86. The first kappa shape index (κ1) is 13.9. The molecule has 3 heteroatoms. The Morgan fingerprint density at radius 1 is 1.17 bits per heavy atom. The first-order valence-electron chi connectivity index (χ1n) is 7.69. The van der Waals surface area contributed by atoms with Crippen molar-refractivity contribution in [2.24, 2.45) is 11.8 Å². The third kappa shape index (κ3) is 4.27. The Kier molecular flexibility index (Phi) is 5.04. The van der Waals surface area contributed by atoms with Gasteiger partial charge in [0.1, 0.15) is 0 Å². The molecule has 0 heterocycles. The molecule has 0 saturated heterocycles. The zero-order chi connectivity index (χ0) is 13.0. The summed E-state index contributed by atoms with van der Waals surface area (Å²) in [6.45, 7) is 5.71. The summed E-state index contributed by atoms with van der Waals surface area (Å²) in [5, 5.41) is 6.69. The van der Waals surface area contributed by atoms with Gasteiger partial charge in [-0.25, -0.2) is 0 Å². The Labute approximate surface area is 111 Å². The van der Waals surface area contributed by atoms with Crippen LogP contribution in [0.5, 0.6) is 0 Å². The highest BCUT2D eigenvalue weighted by molar-refractivity contribution is 5.76. The largest absolute Gasteiger partial charge is 0.353 e. The Balaban J connectivity index is 1.55. The van der Waals surface area contributed by atoms with Crippen molar-refractivity contribution in [3.63, 3.8) is 0 Å². The zero-order valence-corrected chi connectivity index (χ0v) is 11.9. The molecule has 2 N–H and O–H groups in total. The van der Waals surface area contributed by atoms with E-state index in [1.807, 2.05) is 0 Å². The van der Waals surface area contributed by atoms with Crippen LogP contribution in [0.2, 0.25) is 0 Å². The summed E-state index contributed by atoms with van der Waals surface area (Å²) in [6.07, 6.45) is 8.05. The minimum absolute atomic E-state index is 0.240. The molecule has 18 heavy (non-hydrogen) atoms. The lowest BCUT2D eigenvalue weighted by atomic mass is 9.78. The van der Waals surface area contributed by atoms with Crippen molar-refractivity contribution in [2.75, 3.05) is 6.54 Å². The van der Waals surface area contributed by atoms with E-state index < -0.39 is 0 Å². The lowest BCUT2D eigenvalue weighted by molar-refractivity contribution is -0.121. The van der Waals surface area contributed by atoms with Crippen LogP contribution in [0.1, 0.15) is 58.8 Å². The molecule has 2 saturated carbocycles. The van der Waals surface area contributed by atoms with Crippen LogP contribution in [-0.4, -0.2) is 24.5 Å².